The smallest absolute Gasteiger partial charge is 0.402 e. The van der Waals surface area contributed by atoms with E-state index in [4.69, 9.17) is 9.31 Å². The fourth-order valence-electron chi connectivity index (χ4n) is 2.71. The molecule has 3 rings (SSSR count). The van der Waals surface area contributed by atoms with E-state index in [-0.39, 0.29) is 11.8 Å². The first-order chi connectivity index (χ1) is 9.30. The largest absolute Gasteiger partial charge is 0.486 e. The number of hydrogen-bond donors (Lipinski definition) is 1. The van der Waals surface area contributed by atoms with Gasteiger partial charge in [-0.3, -0.25) is 4.79 Å². The molecule has 20 heavy (non-hydrogen) atoms. The molecular formula is C15H20BNO3. The lowest BCUT2D eigenvalue weighted by atomic mass is 9.71. The molecule has 0 radical (unpaired) electrons. The van der Waals surface area contributed by atoms with Crippen molar-refractivity contribution in [3.8, 4) is 0 Å². The fraction of sp³-hybridized carbons (Fsp3) is 0.533. The first-order valence-electron chi connectivity index (χ1n) is 7.03. The molecule has 1 N–H and O–H groups in total. The number of fused-ring (bicyclic) bond motifs is 1. The van der Waals surface area contributed by atoms with E-state index in [1.165, 1.54) is 0 Å². The van der Waals surface area contributed by atoms with E-state index < -0.39 is 18.3 Å². The standard InChI is InChI=1S/C15H20BNO3/c1-14(2)15(3,4)20-16(19-14)13-11-8-6-5-7-10(11)9-12(18)17-13/h5-8,13H,9H2,1-4H3,(H,17,18). The predicted octanol–water partition coefficient (Wildman–Crippen LogP) is 2.03. The Bertz CT molecular complexity index is 540. The third-order valence-corrected chi connectivity index (χ3v) is 4.60. The van der Waals surface area contributed by atoms with Gasteiger partial charge in [0.05, 0.1) is 23.6 Å². The molecule has 0 bridgehead atoms. The zero-order chi connectivity index (χ0) is 14.5. The number of hydrogen-bond acceptors (Lipinski definition) is 3. The van der Waals surface area contributed by atoms with Crippen molar-refractivity contribution in [2.45, 2.75) is 51.3 Å². The van der Waals surface area contributed by atoms with Gasteiger partial charge in [0, 0.05) is 0 Å². The van der Waals surface area contributed by atoms with Gasteiger partial charge in [-0.1, -0.05) is 24.3 Å². The Kier molecular flexibility index (Phi) is 2.96. The SMILES string of the molecule is CC1(C)OB(C2NC(=O)Cc3ccccc32)OC1(C)C. The Morgan fingerprint density at radius 1 is 1.15 bits per heavy atom. The first kappa shape index (κ1) is 13.6. The highest BCUT2D eigenvalue weighted by atomic mass is 16.7. The quantitative estimate of drug-likeness (QED) is 0.796. The molecule has 4 nitrogen and oxygen atoms in total. The lowest BCUT2D eigenvalue weighted by molar-refractivity contribution is -0.121. The van der Waals surface area contributed by atoms with Crippen LogP contribution < -0.4 is 5.32 Å². The van der Waals surface area contributed by atoms with Crippen LogP contribution in [0.15, 0.2) is 24.3 Å². The van der Waals surface area contributed by atoms with Crippen LogP contribution in [0.1, 0.15) is 44.8 Å². The summed E-state index contributed by atoms with van der Waals surface area (Å²) in [6.07, 6.45) is 0.423. The number of rotatable bonds is 1. The maximum atomic E-state index is 11.9. The summed E-state index contributed by atoms with van der Waals surface area (Å²) >= 11 is 0. The van der Waals surface area contributed by atoms with E-state index in [0.29, 0.717) is 6.42 Å². The van der Waals surface area contributed by atoms with Gasteiger partial charge < -0.3 is 14.6 Å². The van der Waals surface area contributed by atoms with Crippen LogP contribution in [-0.2, 0) is 20.5 Å². The fourth-order valence-corrected chi connectivity index (χ4v) is 2.71. The van der Waals surface area contributed by atoms with Crippen LogP contribution in [-0.4, -0.2) is 24.2 Å². The zero-order valence-electron chi connectivity index (χ0n) is 12.4. The number of benzene rings is 1. The molecule has 0 aliphatic carbocycles. The molecule has 2 aliphatic rings. The van der Waals surface area contributed by atoms with Gasteiger partial charge in [0.25, 0.3) is 0 Å². The van der Waals surface area contributed by atoms with E-state index in [2.05, 4.69) is 5.32 Å². The lowest BCUT2D eigenvalue weighted by Gasteiger charge is -2.32. The summed E-state index contributed by atoms with van der Waals surface area (Å²) in [6, 6.07) is 7.96. The summed E-state index contributed by atoms with van der Waals surface area (Å²) < 4.78 is 12.1. The molecule has 1 amide bonds. The average Bonchev–Trinajstić information content (AvgIpc) is 2.57. The Balaban J connectivity index is 1.94. The van der Waals surface area contributed by atoms with Crippen LogP contribution in [0.2, 0.25) is 0 Å². The van der Waals surface area contributed by atoms with E-state index in [0.717, 1.165) is 11.1 Å². The summed E-state index contributed by atoms with van der Waals surface area (Å²) in [5, 5.41) is 3.00. The molecule has 0 aromatic heterocycles. The molecule has 1 unspecified atom stereocenters. The van der Waals surface area contributed by atoms with Crippen molar-refractivity contribution in [1.29, 1.82) is 0 Å². The van der Waals surface area contributed by atoms with Crippen LogP contribution in [0.5, 0.6) is 0 Å². The third-order valence-electron chi connectivity index (χ3n) is 4.60. The number of amides is 1. The maximum absolute atomic E-state index is 11.9. The minimum absolute atomic E-state index is 0.0170. The van der Waals surface area contributed by atoms with Gasteiger partial charge in [-0.05, 0) is 38.8 Å². The number of carbonyl (C=O) groups excluding carboxylic acids is 1. The molecule has 2 aliphatic heterocycles. The normalized spacial score (nSPS) is 27.1. The molecule has 0 saturated carbocycles. The molecule has 0 spiro atoms. The van der Waals surface area contributed by atoms with Crippen molar-refractivity contribution in [2.75, 3.05) is 0 Å². The van der Waals surface area contributed by atoms with Crippen molar-refractivity contribution in [3.05, 3.63) is 35.4 Å². The lowest BCUT2D eigenvalue weighted by Crippen LogP contribution is -2.45. The van der Waals surface area contributed by atoms with Gasteiger partial charge in [-0.15, -0.1) is 0 Å². The first-order valence-corrected chi connectivity index (χ1v) is 7.03. The molecular weight excluding hydrogens is 253 g/mol. The summed E-state index contributed by atoms with van der Waals surface area (Å²) in [6.45, 7) is 8.07. The van der Waals surface area contributed by atoms with Crippen molar-refractivity contribution in [1.82, 2.24) is 5.32 Å². The molecule has 1 aromatic carbocycles. The van der Waals surface area contributed by atoms with E-state index >= 15 is 0 Å². The van der Waals surface area contributed by atoms with Crippen LogP contribution in [0.3, 0.4) is 0 Å². The summed E-state index contributed by atoms with van der Waals surface area (Å²) in [5.74, 6) is -0.225. The topological polar surface area (TPSA) is 47.6 Å². The summed E-state index contributed by atoms with van der Waals surface area (Å²) in [5.41, 5.74) is 1.35. The monoisotopic (exact) mass is 273 g/mol. The van der Waals surface area contributed by atoms with Gasteiger partial charge in [-0.2, -0.15) is 0 Å². The predicted molar refractivity (Wildman–Crippen MR) is 77.1 cm³/mol. The van der Waals surface area contributed by atoms with Crippen LogP contribution in [0, 0.1) is 0 Å². The Morgan fingerprint density at radius 2 is 1.75 bits per heavy atom. The third kappa shape index (κ3) is 2.05. The molecule has 1 atom stereocenters. The van der Waals surface area contributed by atoms with Gasteiger partial charge in [-0.25, -0.2) is 0 Å². The van der Waals surface area contributed by atoms with Crippen LogP contribution in [0.4, 0.5) is 0 Å². The van der Waals surface area contributed by atoms with E-state index in [9.17, 15) is 4.79 Å². The van der Waals surface area contributed by atoms with Crippen molar-refractivity contribution < 1.29 is 14.1 Å². The van der Waals surface area contributed by atoms with Crippen LogP contribution >= 0.6 is 0 Å². The summed E-state index contributed by atoms with van der Waals surface area (Å²) in [4.78, 5) is 11.9. The van der Waals surface area contributed by atoms with Gasteiger partial charge >= 0.3 is 7.12 Å². The Morgan fingerprint density at radius 3 is 2.40 bits per heavy atom. The van der Waals surface area contributed by atoms with Gasteiger partial charge in [0.15, 0.2) is 0 Å². The summed E-state index contributed by atoms with van der Waals surface area (Å²) in [7, 11) is -0.453. The van der Waals surface area contributed by atoms with E-state index in [1.54, 1.807) is 0 Å². The number of carbonyl (C=O) groups is 1. The molecule has 1 aromatic rings. The minimum atomic E-state index is -0.453. The molecule has 106 valence electrons. The maximum Gasteiger partial charge on any atom is 0.486 e. The van der Waals surface area contributed by atoms with Crippen molar-refractivity contribution >= 4 is 13.0 Å². The molecule has 1 fully saturated rings. The highest BCUT2D eigenvalue weighted by molar-refractivity contribution is 6.48. The molecule has 2 heterocycles. The van der Waals surface area contributed by atoms with Crippen molar-refractivity contribution in [3.63, 3.8) is 0 Å². The zero-order valence-corrected chi connectivity index (χ0v) is 12.4. The highest BCUT2D eigenvalue weighted by Crippen LogP contribution is 2.41. The second-order valence-corrected chi connectivity index (χ2v) is 6.55. The Hall–Kier alpha value is -1.33. The minimum Gasteiger partial charge on any atom is -0.402 e. The highest BCUT2D eigenvalue weighted by Gasteiger charge is 2.55. The second kappa shape index (κ2) is 4.33. The molecule has 5 heteroatoms. The van der Waals surface area contributed by atoms with Crippen molar-refractivity contribution in [2.24, 2.45) is 0 Å². The molecule has 1 saturated heterocycles. The van der Waals surface area contributed by atoms with Gasteiger partial charge in [0.1, 0.15) is 0 Å². The van der Waals surface area contributed by atoms with E-state index in [1.807, 2.05) is 52.0 Å². The van der Waals surface area contributed by atoms with Gasteiger partial charge in [0.2, 0.25) is 5.91 Å². The van der Waals surface area contributed by atoms with Crippen LogP contribution in [0.25, 0.3) is 0 Å². The number of nitrogens with one attached hydrogen (secondary N) is 1. The second-order valence-electron chi connectivity index (χ2n) is 6.55. The Labute approximate surface area is 120 Å². The average molecular weight is 273 g/mol.